The maximum atomic E-state index is 13.0. The molecule has 1 saturated heterocycles. The van der Waals surface area contributed by atoms with Gasteiger partial charge in [0.2, 0.25) is 11.8 Å². The summed E-state index contributed by atoms with van der Waals surface area (Å²) in [6.45, 7) is 2.76. The number of hydrogen-bond donors (Lipinski definition) is 2. The number of carbonyl (C=O) groups excluding carboxylic acids is 3. The van der Waals surface area contributed by atoms with Gasteiger partial charge in [-0.2, -0.15) is 0 Å². The number of para-hydroxylation sites is 1. The Hall–Kier alpha value is -3.93. The molecule has 0 radical (unpaired) electrons. The van der Waals surface area contributed by atoms with Gasteiger partial charge < -0.3 is 15.5 Å². The van der Waals surface area contributed by atoms with Crippen LogP contribution in [0.2, 0.25) is 0 Å². The molecule has 0 saturated carbocycles. The summed E-state index contributed by atoms with van der Waals surface area (Å²) in [7, 11) is 0. The molecule has 6 nitrogen and oxygen atoms in total. The quantitative estimate of drug-likeness (QED) is 0.578. The lowest BCUT2D eigenvalue weighted by molar-refractivity contribution is -0.128. The number of benzene rings is 3. The van der Waals surface area contributed by atoms with E-state index in [1.54, 1.807) is 29.2 Å². The lowest BCUT2D eigenvalue weighted by Gasteiger charge is -2.18. The standard InChI is InChI=1S/C27H27N3O3/c1-19(21-12-6-3-7-13-21)28-27(33)23-14-8-9-15-24(23)29-26(32)22-16-25(31)30(18-22)17-20-10-4-2-5-11-20/h2-15,19,22H,16-18H2,1H3,(H,28,33)(H,29,32). The molecule has 2 N–H and O–H groups in total. The second-order valence-electron chi connectivity index (χ2n) is 8.30. The Balaban J connectivity index is 1.40. The number of likely N-dealkylation sites (tertiary alicyclic amines) is 1. The van der Waals surface area contributed by atoms with Crippen LogP contribution in [0.3, 0.4) is 0 Å². The molecule has 33 heavy (non-hydrogen) atoms. The van der Waals surface area contributed by atoms with E-state index in [4.69, 9.17) is 0 Å². The Kier molecular flexibility index (Phi) is 6.83. The second-order valence-corrected chi connectivity index (χ2v) is 8.30. The lowest BCUT2D eigenvalue weighted by Crippen LogP contribution is -2.30. The summed E-state index contributed by atoms with van der Waals surface area (Å²) in [6, 6.07) is 26.2. The largest absolute Gasteiger partial charge is 0.345 e. The molecule has 168 valence electrons. The van der Waals surface area contributed by atoms with Gasteiger partial charge >= 0.3 is 0 Å². The molecular weight excluding hydrogens is 414 g/mol. The van der Waals surface area contributed by atoms with E-state index in [9.17, 15) is 14.4 Å². The van der Waals surface area contributed by atoms with E-state index in [0.717, 1.165) is 11.1 Å². The lowest BCUT2D eigenvalue weighted by atomic mass is 10.1. The van der Waals surface area contributed by atoms with E-state index in [2.05, 4.69) is 10.6 Å². The average Bonchev–Trinajstić information content (AvgIpc) is 3.20. The summed E-state index contributed by atoms with van der Waals surface area (Å²) in [5.41, 5.74) is 2.85. The van der Waals surface area contributed by atoms with Gasteiger partial charge in [-0.15, -0.1) is 0 Å². The first kappa shape index (κ1) is 22.3. The maximum absolute atomic E-state index is 13.0. The van der Waals surface area contributed by atoms with Gasteiger partial charge in [-0.1, -0.05) is 72.8 Å². The van der Waals surface area contributed by atoms with E-state index in [1.807, 2.05) is 67.6 Å². The first-order valence-electron chi connectivity index (χ1n) is 11.1. The van der Waals surface area contributed by atoms with Crippen molar-refractivity contribution in [1.29, 1.82) is 0 Å². The van der Waals surface area contributed by atoms with Crippen molar-refractivity contribution in [2.24, 2.45) is 5.92 Å². The van der Waals surface area contributed by atoms with Gasteiger partial charge in [-0.3, -0.25) is 14.4 Å². The molecule has 0 aromatic heterocycles. The summed E-state index contributed by atoms with van der Waals surface area (Å²) < 4.78 is 0. The molecule has 6 heteroatoms. The smallest absolute Gasteiger partial charge is 0.253 e. The number of amides is 3. The van der Waals surface area contributed by atoms with Crippen molar-refractivity contribution in [2.45, 2.75) is 25.9 Å². The van der Waals surface area contributed by atoms with Gasteiger partial charge in [0, 0.05) is 19.5 Å². The first-order chi connectivity index (χ1) is 16.0. The predicted molar refractivity (Wildman–Crippen MR) is 127 cm³/mol. The van der Waals surface area contributed by atoms with Crippen molar-refractivity contribution in [3.8, 4) is 0 Å². The molecule has 2 atom stereocenters. The molecule has 1 fully saturated rings. The molecule has 2 unspecified atom stereocenters. The highest BCUT2D eigenvalue weighted by atomic mass is 16.2. The minimum Gasteiger partial charge on any atom is -0.345 e. The first-order valence-corrected chi connectivity index (χ1v) is 11.1. The van der Waals surface area contributed by atoms with Crippen LogP contribution in [0.25, 0.3) is 0 Å². The van der Waals surface area contributed by atoms with Crippen molar-refractivity contribution < 1.29 is 14.4 Å². The topological polar surface area (TPSA) is 78.5 Å². The third-order valence-electron chi connectivity index (χ3n) is 5.88. The zero-order chi connectivity index (χ0) is 23.2. The molecule has 4 rings (SSSR count). The fourth-order valence-electron chi connectivity index (χ4n) is 4.03. The number of anilines is 1. The van der Waals surface area contributed by atoms with Crippen molar-refractivity contribution in [1.82, 2.24) is 10.2 Å². The van der Waals surface area contributed by atoms with Crippen molar-refractivity contribution >= 4 is 23.4 Å². The van der Waals surface area contributed by atoms with Crippen LogP contribution in [0.15, 0.2) is 84.9 Å². The summed E-state index contributed by atoms with van der Waals surface area (Å²) in [6.07, 6.45) is 0.165. The third-order valence-corrected chi connectivity index (χ3v) is 5.88. The maximum Gasteiger partial charge on any atom is 0.253 e. The molecule has 0 spiro atoms. The summed E-state index contributed by atoms with van der Waals surface area (Å²) in [5.74, 6) is -1.02. The van der Waals surface area contributed by atoms with Crippen molar-refractivity contribution in [3.63, 3.8) is 0 Å². The minimum absolute atomic E-state index is 0.0401. The van der Waals surface area contributed by atoms with Gasteiger partial charge in [0.15, 0.2) is 0 Å². The van der Waals surface area contributed by atoms with Crippen molar-refractivity contribution in [3.05, 3.63) is 102 Å². The average molecular weight is 442 g/mol. The zero-order valence-corrected chi connectivity index (χ0v) is 18.5. The number of carbonyl (C=O) groups is 3. The zero-order valence-electron chi connectivity index (χ0n) is 18.5. The number of rotatable bonds is 7. The normalized spacial score (nSPS) is 16.3. The number of nitrogens with zero attached hydrogens (tertiary/aromatic N) is 1. The summed E-state index contributed by atoms with van der Waals surface area (Å²) in [4.78, 5) is 40.1. The van der Waals surface area contributed by atoms with Gasteiger partial charge in [0.05, 0.1) is 23.2 Å². The van der Waals surface area contributed by atoms with Gasteiger partial charge in [-0.05, 0) is 30.2 Å². The van der Waals surface area contributed by atoms with Crippen LogP contribution >= 0.6 is 0 Å². The minimum atomic E-state index is -0.458. The Morgan fingerprint density at radius 1 is 0.939 bits per heavy atom. The molecule has 3 aromatic rings. The monoisotopic (exact) mass is 441 g/mol. The van der Waals surface area contributed by atoms with Crippen LogP contribution < -0.4 is 10.6 Å². The SMILES string of the molecule is CC(NC(=O)c1ccccc1NC(=O)C1CC(=O)N(Cc2ccccc2)C1)c1ccccc1. The highest BCUT2D eigenvalue weighted by Crippen LogP contribution is 2.24. The van der Waals surface area contributed by atoms with Crippen LogP contribution in [0, 0.1) is 5.92 Å². The van der Waals surface area contributed by atoms with Crippen LogP contribution in [-0.4, -0.2) is 29.2 Å². The van der Waals surface area contributed by atoms with Gasteiger partial charge in [0.1, 0.15) is 0 Å². The van der Waals surface area contributed by atoms with Gasteiger partial charge in [-0.25, -0.2) is 0 Å². The van der Waals surface area contributed by atoms with E-state index >= 15 is 0 Å². The fraction of sp³-hybridized carbons (Fsp3) is 0.222. The molecular formula is C27H27N3O3. The van der Waals surface area contributed by atoms with E-state index < -0.39 is 5.92 Å². The molecule has 1 heterocycles. The van der Waals surface area contributed by atoms with Crippen molar-refractivity contribution in [2.75, 3.05) is 11.9 Å². The molecule has 0 bridgehead atoms. The Labute approximate surface area is 193 Å². The number of nitrogens with one attached hydrogen (secondary N) is 2. The second kappa shape index (κ2) is 10.1. The van der Waals surface area contributed by atoms with Gasteiger partial charge in [0.25, 0.3) is 5.91 Å². The summed E-state index contributed by atoms with van der Waals surface area (Å²) in [5, 5.41) is 5.86. The highest BCUT2D eigenvalue weighted by Gasteiger charge is 2.34. The fourth-order valence-corrected chi connectivity index (χ4v) is 4.03. The Morgan fingerprint density at radius 2 is 1.58 bits per heavy atom. The molecule has 0 aliphatic carbocycles. The van der Waals surface area contributed by atoms with Crippen LogP contribution in [0.5, 0.6) is 0 Å². The molecule has 3 amide bonds. The Morgan fingerprint density at radius 3 is 2.30 bits per heavy atom. The van der Waals surface area contributed by atoms with Crippen LogP contribution in [0.4, 0.5) is 5.69 Å². The highest BCUT2D eigenvalue weighted by molar-refractivity contribution is 6.05. The van der Waals surface area contributed by atoms with E-state index in [-0.39, 0.29) is 30.2 Å². The number of hydrogen-bond acceptors (Lipinski definition) is 3. The molecule has 1 aliphatic heterocycles. The third kappa shape index (κ3) is 5.47. The van der Waals surface area contributed by atoms with E-state index in [1.165, 1.54) is 0 Å². The Bertz CT molecular complexity index is 1130. The predicted octanol–water partition coefficient (Wildman–Crippen LogP) is 4.16. The van der Waals surface area contributed by atoms with E-state index in [0.29, 0.717) is 24.3 Å². The van der Waals surface area contributed by atoms with Crippen LogP contribution in [0.1, 0.15) is 40.9 Å². The van der Waals surface area contributed by atoms with Crippen LogP contribution in [-0.2, 0) is 16.1 Å². The summed E-state index contributed by atoms with van der Waals surface area (Å²) >= 11 is 0. The molecule has 1 aliphatic rings. The molecule has 3 aromatic carbocycles.